The minimum Gasteiger partial charge on any atom is -0.385 e. The molecule has 1 aliphatic heterocycles. The number of hydrogen-bond donors (Lipinski definition) is 1. The van der Waals surface area contributed by atoms with E-state index in [1.807, 2.05) is 0 Å². The zero-order valence-electron chi connectivity index (χ0n) is 13.0. The fraction of sp³-hybridized carbons (Fsp3) is 0.667. The van der Waals surface area contributed by atoms with Gasteiger partial charge in [0.05, 0.1) is 0 Å². The van der Waals surface area contributed by atoms with Gasteiger partial charge in [-0.25, -0.2) is 0 Å². The molecule has 1 aromatic carbocycles. The summed E-state index contributed by atoms with van der Waals surface area (Å²) in [7, 11) is 2.32. The molecule has 1 fully saturated rings. The van der Waals surface area contributed by atoms with Gasteiger partial charge in [-0.3, -0.25) is 4.90 Å². The van der Waals surface area contributed by atoms with Crippen LogP contribution < -0.4 is 5.32 Å². The predicted molar refractivity (Wildman–Crippen MR) is 86.1 cm³/mol. The first-order valence-electron chi connectivity index (χ1n) is 8.29. The van der Waals surface area contributed by atoms with Crippen LogP contribution in [0.25, 0.3) is 0 Å². The van der Waals surface area contributed by atoms with Crippen molar-refractivity contribution < 1.29 is 0 Å². The Labute approximate surface area is 123 Å². The molecule has 1 saturated carbocycles. The van der Waals surface area contributed by atoms with Gasteiger partial charge in [0.1, 0.15) is 0 Å². The zero-order chi connectivity index (χ0) is 13.9. The highest BCUT2D eigenvalue weighted by Gasteiger charge is 2.22. The Morgan fingerprint density at radius 2 is 2.00 bits per heavy atom. The summed E-state index contributed by atoms with van der Waals surface area (Å²) in [5.74, 6) is 0.938. The highest BCUT2D eigenvalue weighted by atomic mass is 15.1. The molecule has 2 aliphatic rings. The van der Waals surface area contributed by atoms with Crippen LogP contribution in [0.5, 0.6) is 0 Å². The smallest absolute Gasteiger partial charge is 0.0375 e. The second kappa shape index (κ2) is 6.17. The number of benzene rings is 1. The summed E-state index contributed by atoms with van der Waals surface area (Å²) in [5.41, 5.74) is 4.48. The molecule has 2 nitrogen and oxygen atoms in total. The van der Waals surface area contributed by atoms with Crippen LogP contribution in [0, 0.1) is 5.92 Å². The molecule has 1 aromatic rings. The van der Waals surface area contributed by atoms with E-state index in [1.165, 1.54) is 49.8 Å². The van der Waals surface area contributed by atoms with Gasteiger partial charge in [0.25, 0.3) is 0 Å². The van der Waals surface area contributed by atoms with Gasteiger partial charge < -0.3 is 5.32 Å². The molecule has 1 aliphatic carbocycles. The predicted octanol–water partition coefficient (Wildman–Crippen LogP) is 4.06. The maximum atomic E-state index is 3.54. The Hall–Kier alpha value is -1.02. The van der Waals surface area contributed by atoms with Crippen molar-refractivity contribution in [1.29, 1.82) is 0 Å². The zero-order valence-corrected chi connectivity index (χ0v) is 13.0. The Balaban J connectivity index is 1.68. The molecule has 0 atom stereocenters. The van der Waals surface area contributed by atoms with Gasteiger partial charge in [-0.05, 0) is 68.7 Å². The highest BCUT2D eigenvalue weighted by molar-refractivity contribution is 5.56. The molecule has 0 aromatic heterocycles. The van der Waals surface area contributed by atoms with E-state index in [-0.39, 0.29) is 0 Å². The molecule has 0 amide bonds. The van der Waals surface area contributed by atoms with Gasteiger partial charge in [0.2, 0.25) is 0 Å². The van der Waals surface area contributed by atoms with Crippen LogP contribution in [0.4, 0.5) is 5.69 Å². The van der Waals surface area contributed by atoms with Gasteiger partial charge in [0, 0.05) is 24.8 Å². The summed E-state index contributed by atoms with van der Waals surface area (Å²) < 4.78 is 0. The number of rotatable bonds is 3. The van der Waals surface area contributed by atoms with E-state index in [1.54, 1.807) is 5.56 Å². The first kappa shape index (κ1) is 13.9. The van der Waals surface area contributed by atoms with Gasteiger partial charge in [-0.15, -0.1) is 0 Å². The average molecular weight is 272 g/mol. The molecule has 0 bridgehead atoms. The van der Waals surface area contributed by atoms with E-state index < -0.39 is 0 Å². The first-order valence-corrected chi connectivity index (χ1v) is 8.29. The second-order valence-corrected chi connectivity index (χ2v) is 6.80. The van der Waals surface area contributed by atoms with E-state index in [9.17, 15) is 0 Å². The summed E-state index contributed by atoms with van der Waals surface area (Å²) in [4.78, 5) is 2.59. The van der Waals surface area contributed by atoms with E-state index >= 15 is 0 Å². The minimum atomic E-state index is 0.790. The molecule has 20 heavy (non-hydrogen) atoms. The number of hydrogen-bond acceptors (Lipinski definition) is 2. The maximum Gasteiger partial charge on any atom is 0.0375 e. The largest absolute Gasteiger partial charge is 0.385 e. The lowest BCUT2D eigenvalue weighted by atomic mass is 9.86. The van der Waals surface area contributed by atoms with Crippen molar-refractivity contribution in [3.05, 3.63) is 29.3 Å². The monoisotopic (exact) mass is 272 g/mol. The third-order valence-electron chi connectivity index (χ3n) is 5.22. The first-order chi connectivity index (χ1) is 9.74. The maximum absolute atomic E-state index is 3.54. The fourth-order valence-corrected chi connectivity index (χ4v) is 3.81. The molecule has 3 rings (SSSR count). The number of nitrogens with zero attached hydrogens (tertiary/aromatic N) is 1. The summed E-state index contributed by atoms with van der Waals surface area (Å²) in [6.45, 7) is 4.65. The summed E-state index contributed by atoms with van der Waals surface area (Å²) in [6.07, 6.45) is 8.09. The lowest BCUT2D eigenvalue weighted by Crippen LogP contribution is -2.34. The summed E-state index contributed by atoms with van der Waals surface area (Å²) in [5, 5.41) is 3.54. The average Bonchev–Trinajstić information content (AvgIpc) is 2.48. The molecule has 110 valence electrons. The van der Waals surface area contributed by atoms with Gasteiger partial charge in [0.15, 0.2) is 0 Å². The SMILES string of the molecule is CC1CCC(N(C)Cc2cccc3c2CCCN3)CC1. The number of nitrogens with one attached hydrogen (secondary N) is 1. The molecule has 0 radical (unpaired) electrons. The molecule has 1 N–H and O–H groups in total. The Morgan fingerprint density at radius 3 is 2.80 bits per heavy atom. The highest BCUT2D eigenvalue weighted by Crippen LogP contribution is 2.30. The van der Waals surface area contributed by atoms with Gasteiger partial charge in [-0.2, -0.15) is 0 Å². The van der Waals surface area contributed by atoms with Crippen molar-refractivity contribution in [3.8, 4) is 0 Å². The van der Waals surface area contributed by atoms with Crippen molar-refractivity contribution >= 4 is 5.69 Å². The Bertz CT molecular complexity index is 447. The second-order valence-electron chi connectivity index (χ2n) is 6.80. The normalized spacial score (nSPS) is 26.1. The van der Waals surface area contributed by atoms with Gasteiger partial charge in [-0.1, -0.05) is 19.1 Å². The van der Waals surface area contributed by atoms with Crippen LogP contribution in [0.1, 0.15) is 50.2 Å². The van der Waals surface area contributed by atoms with Crippen molar-refractivity contribution in [2.24, 2.45) is 5.92 Å². The molecule has 2 heteroatoms. The standard InChI is InChI=1S/C18H28N2/c1-14-8-10-16(11-9-14)20(2)13-15-5-3-7-18-17(15)6-4-12-19-18/h3,5,7,14,16,19H,4,6,8-13H2,1-2H3. The Kier molecular flexibility index (Phi) is 4.30. The lowest BCUT2D eigenvalue weighted by molar-refractivity contribution is 0.163. The topological polar surface area (TPSA) is 15.3 Å². The molecule has 0 unspecified atom stereocenters. The summed E-state index contributed by atoms with van der Waals surface area (Å²) >= 11 is 0. The lowest BCUT2D eigenvalue weighted by Gasteiger charge is -2.34. The van der Waals surface area contributed by atoms with E-state index in [4.69, 9.17) is 0 Å². The van der Waals surface area contributed by atoms with Crippen molar-refractivity contribution in [3.63, 3.8) is 0 Å². The van der Waals surface area contributed by atoms with E-state index in [0.717, 1.165) is 25.0 Å². The van der Waals surface area contributed by atoms with Crippen LogP contribution in [-0.4, -0.2) is 24.5 Å². The molecular weight excluding hydrogens is 244 g/mol. The van der Waals surface area contributed by atoms with E-state index in [0.29, 0.717) is 0 Å². The van der Waals surface area contributed by atoms with Crippen LogP contribution in [0.2, 0.25) is 0 Å². The van der Waals surface area contributed by atoms with E-state index in [2.05, 4.69) is 42.4 Å². The van der Waals surface area contributed by atoms with Crippen LogP contribution >= 0.6 is 0 Å². The number of fused-ring (bicyclic) bond motifs is 1. The quantitative estimate of drug-likeness (QED) is 0.893. The number of anilines is 1. The van der Waals surface area contributed by atoms with Gasteiger partial charge >= 0.3 is 0 Å². The molecule has 0 saturated heterocycles. The van der Waals surface area contributed by atoms with Crippen molar-refractivity contribution in [2.75, 3.05) is 18.9 Å². The van der Waals surface area contributed by atoms with Crippen molar-refractivity contribution in [2.45, 2.75) is 58.0 Å². The van der Waals surface area contributed by atoms with Crippen molar-refractivity contribution in [1.82, 2.24) is 4.90 Å². The van der Waals surface area contributed by atoms with Crippen LogP contribution in [-0.2, 0) is 13.0 Å². The molecular formula is C18H28N2. The minimum absolute atomic E-state index is 0.790. The Morgan fingerprint density at radius 1 is 1.20 bits per heavy atom. The molecule has 0 spiro atoms. The fourth-order valence-electron chi connectivity index (χ4n) is 3.81. The molecule has 1 heterocycles. The third kappa shape index (κ3) is 3.01. The summed E-state index contributed by atoms with van der Waals surface area (Å²) in [6, 6.07) is 7.57. The van der Waals surface area contributed by atoms with Crippen LogP contribution in [0.3, 0.4) is 0 Å². The van der Waals surface area contributed by atoms with Crippen LogP contribution in [0.15, 0.2) is 18.2 Å². The third-order valence-corrected chi connectivity index (χ3v) is 5.22.